The number of amides is 1. The molecule has 0 atom stereocenters. The molecule has 4 aromatic rings. The predicted octanol–water partition coefficient (Wildman–Crippen LogP) is 6.02. The van der Waals surface area contributed by atoms with E-state index in [2.05, 4.69) is 27.8 Å². The maximum absolute atomic E-state index is 12.5. The quantitative estimate of drug-likeness (QED) is 0.279. The van der Waals surface area contributed by atoms with Crippen LogP contribution in [-0.2, 0) is 17.1 Å². The minimum absolute atomic E-state index is 0.0598. The van der Waals surface area contributed by atoms with Crippen molar-refractivity contribution in [3.8, 4) is 17.1 Å². The third kappa shape index (κ3) is 5.00. The molecule has 0 bridgehead atoms. The highest BCUT2D eigenvalue weighted by Gasteiger charge is 2.20. The average Bonchev–Trinajstić information content (AvgIpc) is 3.46. The first-order valence-electron chi connectivity index (χ1n) is 10.9. The topological polar surface area (TPSA) is 73.1 Å². The fourth-order valence-electron chi connectivity index (χ4n) is 3.70. The maximum atomic E-state index is 12.5. The van der Waals surface area contributed by atoms with Crippen LogP contribution in [0.4, 0.5) is 10.8 Å². The van der Waals surface area contributed by atoms with Crippen LogP contribution in [0, 0.1) is 13.8 Å². The lowest BCUT2D eigenvalue weighted by Gasteiger charge is -2.20. The molecule has 2 aromatic carbocycles. The number of carbonyl (C=O) groups excluding carboxylic acids is 1. The molecule has 0 fully saturated rings. The number of anilines is 2. The number of hydrogen-bond donors (Lipinski definition) is 0. The van der Waals surface area contributed by atoms with Crippen molar-refractivity contribution in [2.24, 2.45) is 0 Å². The predicted molar refractivity (Wildman–Crippen MR) is 138 cm³/mol. The van der Waals surface area contributed by atoms with E-state index in [1.165, 1.54) is 11.3 Å². The number of benzene rings is 2. The van der Waals surface area contributed by atoms with Gasteiger partial charge in [0.15, 0.2) is 16.1 Å². The number of carbonyl (C=O) groups is 1. The van der Waals surface area contributed by atoms with Gasteiger partial charge < -0.3 is 9.30 Å². The van der Waals surface area contributed by atoms with Crippen LogP contribution in [0.5, 0.6) is 5.75 Å². The lowest BCUT2D eigenvalue weighted by Crippen LogP contribution is -2.23. The Morgan fingerprint density at radius 1 is 1.15 bits per heavy atom. The zero-order valence-corrected chi connectivity index (χ0v) is 21.5. The first-order valence-corrected chi connectivity index (χ1v) is 12.8. The molecule has 0 aliphatic carbocycles. The average molecular weight is 494 g/mol. The number of thiazole rings is 1. The monoisotopic (exact) mass is 493 g/mol. The van der Waals surface area contributed by atoms with Crippen LogP contribution in [0.2, 0.25) is 0 Å². The second-order valence-electron chi connectivity index (χ2n) is 7.83. The third-order valence-corrected chi connectivity index (χ3v) is 7.24. The summed E-state index contributed by atoms with van der Waals surface area (Å²) in [6.07, 6.45) is 0. The standard InChI is InChI=1S/C25H27N5O2S2/c1-6-29-23(19-8-10-21(32-5)11-9-19)27-28-25(29)34-15-20-14-33-24(26-20)30(18(4)31)22-12-7-16(2)13-17(22)3/h7-14H,6,15H2,1-5H3. The Labute approximate surface area is 207 Å². The Morgan fingerprint density at radius 2 is 1.91 bits per heavy atom. The molecular weight excluding hydrogens is 466 g/mol. The van der Waals surface area contributed by atoms with Gasteiger partial charge in [-0.3, -0.25) is 9.69 Å². The normalized spacial score (nSPS) is 11.0. The maximum Gasteiger partial charge on any atom is 0.230 e. The van der Waals surface area contributed by atoms with E-state index in [0.29, 0.717) is 10.9 Å². The van der Waals surface area contributed by atoms with Crippen molar-refractivity contribution in [1.82, 2.24) is 19.7 Å². The SMILES string of the molecule is CCn1c(SCc2csc(N(C(C)=O)c3ccc(C)cc3C)n2)nnc1-c1ccc(OC)cc1. The molecule has 0 saturated carbocycles. The van der Waals surface area contributed by atoms with Crippen LogP contribution in [0.15, 0.2) is 53.0 Å². The summed E-state index contributed by atoms with van der Waals surface area (Å²) in [6, 6.07) is 13.9. The Morgan fingerprint density at radius 3 is 2.56 bits per heavy atom. The van der Waals surface area contributed by atoms with E-state index in [4.69, 9.17) is 9.72 Å². The number of methoxy groups -OCH3 is 1. The third-order valence-electron chi connectivity index (χ3n) is 5.37. The van der Waals surface area contributed by atoms with Crippen molar-refractivity contribution in [3.05, 3.63) is 64.7 Å². The van der Waals surface area contributed by atoms with Crippen LogP contribution >= 0.6 is 23.1 Å². The summed E-state index contributed by atoms with van der Waals surface area (Å²) in [7, 11) is 1.65. The van der Waals surface area contributed by atoms with Gasteiger partial charge in [-0.05, 0) is 56.7 Å². The van der Waals surface area contributed by atoms with Crippen molar-refractivity contribution in [3.63, 3.8) is 0 Å². The second kappa shape index (κ2) is 10.4. The zero-order chi connectivity index (χ0) is 24.2. The first-order chi connectivity index (χ1) is 16.4. The molecule has 1 amide bonds. The van der Waals surface area contributed by atoms with Gasteiger partial charge >= 0.3 is 0 Å². The number of thioether (sulfide) groups is 1. The van der Waals surface area contributed by atoms with Crippen LogP contribution in [0.3, 0.4) is 0 Å². The Kier molecular flexibility index (Phi) is 7.33. The van der Waals surface area contributed by atoms with E-state index in [1.54, 1.807) is 30.7 Å². The van der Waals surface area contributed by atoms with Crippen LogP contribution < -0.4 is 9.64 Å². The molecule has 9 heteroatoms. The zero-order valence-electron chi connectivity index (χ0n) is 19.9. The summed E-state index contributed by atoms with van der Waals surface area (Å²) >= 11 is 3.06. The largest absolute Gasteiger partial charge is 0.497 e. The minimum Gasteiger partial charge on any atom is -0.497 e. The van der Waals surface area contributed by atoms with Gasteiger partial charge in [-0.1, -0.05) is 29.5 Å². The fourth-order valence-corrected chi connectivity index (χ4v) is 5.58. The molecule has 2 aromatic heterocycles. The van der Waals surface area contributed by atoms with E-state index in [9.17, 15) is 4.79 Å². The highest BCUT2D eigenvalue weighted by atomic mass is 32.2. The van der Waals surface area contributed by atoms with Gasteiger partial charge in [0.1, 0.15) is 5.75 Å². The van der Waals surface area contributed by atoms with Gasteiger partial charge in [0.05, 0.1) is 18.5 Å². The number of hydrogen-bond acceptors (Lipinski definition) is 7. The molecule has 0 spiro atoms. The summed E-state index contributed by atoms with van der Waals surface area (Å²) in [5, 5.41) is 12.3. The molecule has 0 unspecified atom stereocenters. The highest BCUT2D eigenvalue weighted by molar-refractivity contribution is 7.98. The number of aromatic nitrogens is 4. The molecule has 0 N–H and O–H groups in total. The molecular formula is C25H27N5O2S2. The Balaban J connectivity index is 1.52. The highest BCUT2D eigenvalue weighted by Crippen LogP contribution is 2.33. The summed E-state index contributed by atoms with van der Waals surface area (Å²) in [5.74, 6) is 2.20. The van der Waals surface area contributed by atoms with Gasteiger partial charge in [0, 0.05) is 30.2 Å². The molecule has 0 saturated heterocycles. The molecule has 0 aliphatic heterocycles. The Hall–Kier alpha value is -3.17. The molecule has 0 radical (unpaired) electrons. The van der Waals surface area contributed by atoms with E-state index < -0.39 is 0 Å². The van der Waals surface area contributed by atoms with Crippen LogP contribution in [0.1, 0.15) is 30.7 Å². The molecule has 176 valence electrons. The summed E-state index contributed by atoms with van der Waals surface area (Å²) in [5.41, 5.74) is 4.96. The van der Waals surface area contributed by atoms with Crippen molar-refractivity contribution < 1.29 is 9.53 Å². The number of ether oxygens (including phenoxy) is 1. The molecule has 2 heterocycles. The Bertz CT molecular complexity index is 1300. The molecule has 34 heavy (non-hydrogen) atoms. The van der Waals surface area contributed by atoms with Crippen molar-refractivity contribution in [1.29, 1.82) is 0 Å². The van der Waals surface area contributed by atoms with Gasteiger partial charge in [0.25, 0.3) is 0 Å². The van der Waals surface area contributed by atoms with Gasteiger partial charge in [0.2, 0.25) is 5.91 Å². The van der Waals surface area contributed by atoms with Gasteiger partial charge in [-0.2, -0.15) is 0 Å². The molecule has 4 rings (SSSR count). The first kappa shape index (κ1) is 24.0. The number of nitrogens with zero attached hydrogens (tertiary/aromatic N) is 5. The summed E-state index contributed by atoms with van der Waals surface area (Å²) in [6.45, 7) is 8.46. The van der Waals surface area contributed by atoms with E-state index in [0.717, 1.165) is 51.3 Å². The lowest BCUT2D eigenvalue weighted by molar-refractivity contribution is -0.115. The van der Waals surface area contributed by atoms with Crippen molar-refractivity contribution in [2.45, 2.75) is 45.1 Å². The van der Waals surface area contributed by atoms with Crippen LogP contribution in [0.25, 0.3) is 11.4 Å². The lowest BCUT2D eigenvalue weighted by atomic mass is 10.1. The van der Waals surface area contributed by atoms with E-state index in [-0.39, 0.29) is 5.91 Å². The van der Waals surface area contributed by atoms with Crippen LogP contribution in [-0.4, -0.2) is 32.8 Å². The second-order valence-corrected chi connectivity index (χ2v) is 9.61. The number of aryl methyl sites for hydroxylation is 2. The minimum atomic E-state index is -0.0598. The smallest absolute Gasteiger partial charge is 0.230 e. The molecule has 0 aliphatic rings. The fraction of sp³-hybridized carbons (Fsp3) is 0.280. The van der Waals surface area contributed by atoms with Crippen molar-refractivity contribution >= 4 is 39.8 Å². The summed E-state index contributed by atoms with van der Waals surface area (Å²) in [4.78, 5) is 18.9. The summed E-state index contributed by atoms with van der Waals surface area (Å²) < 4.78 is 7.34. The van der Waals surface area contributed by atoms with E-state index >= 15 is 0 Å². The molecule has 7 nitrogen and oxygen atoms in total. The van der Waals surface area contributed by atoms with Gasteiger partial charge in [-0.25, -0.2) is 4.98 Å². The van der Waals surface area contributed by atoms with Gasteiger partial charge in [-0.15, -0.1) is 21.5 Å². The number of rotatable bonds is 8. The van der Waals surface area contributed by atoms with E-state index in [1.807, 2.05) is 55.6 Å². The van der Waals surface area contributed by atoms with Crippen molar-refractivity contribution in [2.75, 3.05) is 12.0 Å².